The minimum Gasteiger partial charge on any atom is -0.371 e. The summed E-state index contributed by atoms with van der Waals surface area (Å²) in [5, 5.41) is 5.61. The number of nitrogens with zero attached hydrogens (tertiary/aromatic N) is 3. The molecule has 2 amide bonds. The zero-order valence-corrected chi connectivity index (χ0v) is 14.5. The predicted molar refractivity (Wildman–Crippen MR) is 93.7 cm³/mol. The Hall–Kier alpha value is -2.77. The third kappa shape index (κ3) is 4.65. The van der Waals surface area contributed by atoms with E-state index >= 15 is 0 Å². The average Bonchev–Trinajstić information content (AvgIpc) is 3.09. The molecule has 0 unspecified atom stereocenters. The van der Waals surface area contributed by atoms with Crippen LogP contribution >= 0.6 is 0 Å². The molecule has 2 heterocycles. The first kappa shape index (κ1) is 18.0. The number of carbonyl (C=O) groups is 1. The summed E-state index contributed by atoms with van der Waals surface area (Å²) in [5.41, 5.74) is 1.41. The zero-order chi connectivity index (χ0) is 18.5. The van der Waals surface area contributed by atoms with Gasteiger partial charge in [-0.1, -0.05) is 0 Å². The van der Waals surface area contributed by atoms with Gasteiger partial charge in [-0.25, -0.2) is 23.5 Å². The number of hydrogen-bond donors (Lipinski definition) is 2. The van der Waals surface area contributed by atoms with Crippen molar-refractivity contribution in [2.24, 2.45) is 5.92 Å². The van der Waals surface area contributed by atoms with Crippen LogP contribution in [0.15, 0.2) is 30.5 Å². The number of hydrogen-bond acceptors (Lipinski definition) is 4. The highest BCUT2D eigenvalue weighted by Crippen LogP contribution is 2.24. The quantitative estimate of drug-likeness (QED) is 0.858. The second-order valence-electron chi connectivity index (χ2n) is 6.36. The molecule has 1 aromatic carbocycles. The molecule has 0 radical (unpaired) electrons. The van der Waals surface area contributed by atoms with Crippen molar-refractivity contribution in [3.8, 4) is 0 Å². The van der Waals surface area contributed by atoms with E-state index in [1.807, 2.05) is 4.90 Å². The molecule has 2 N–H and O–H groups in total. The Bertz CT molecular complexity index is 786. The van der Waals surface area contributed by atoms with E-state index in [4.69, 9.17) is 0 Å². The molecule has 138 valence electrons. The summed E-state index contributed by atoms with van der Waals surface area (Å²) in [6.45, 7) is 4.09. The Kier molecular flexibility index (Phi) is 5.60. The number of aryl methyl sites for hydroxylation is 1. The number of urea groups is 1. The first-order chi connectivity index (χ1) is 12.5. The van der Waals surface area contributed by atoms with Gasteiger partial charge in [-0.2, -0.15) is 0 Å². The van der Waals surface area contributed by atoms with Gasteiger partial charge in [0.25, 0.3) is 0 Å². The molecule has 0 aliphatic carbocycles. The monoisotopic (exact) mass is 361 g/mol. The van der Waals surface area contributed by atoms with Crippen LogP contribution in [0, 0.1) is 24.5 Å². The van der Waals surface area contributed by atoms with E-state index in [2.05, 4.69) is 20.6 Å². The Morgan fingerprint density at radius 3 is 2.88 bits per heavy atom. The van der Waals surface area contributed by atoms with Gasteiger partial charge in [0.1, 0.15) is 5.82 Å². The molecule has 1 atom stereocenters. The van der Waals surface area contributed by atoms with Crippen molar-refractivity contribution in [2.45, 2.75) is 19.9 Å². The highest BCUT2D eigenvalue weighted by Gasteiger charge is 2.23. The number of amides is 2. The van der Waals surface area contributed by atoms with Crippen LogP contribution in [0.4, 0.5) is 19.3 Å². The van der Waals surface area contributed by atoms with Crippen molar-refractivity contribution >= 4 is 11.7 Å². The lowest BCUT2D eigenvalue weighted by molar-refractivity contribution is 0.238. The minimum absolute atomic E-state index is 0.257. The molecule has 8 heteroatoms. The van der Waals surface area contributed by atoms with E-state index in [0.29, 0.717) is 31.1 Å². The third-order valence-corrected chi connectivity index (χ3v) is 4.37. The molecule has 2 aromatic rings. The normalized spacial score (nSPS) is 16.6. The maximum absolute atomic E-state index is 13.4. The molecule has 1 fully saturated rings. The number of aromatic nitrogens is 2. The van der Waals surface area contributed by atoms with Crippen molar-refractivity contribution in [3.05, 3.63) is 53.6 Å². The van der Waals surface area contributed by atoms with Gasteiger partial charge >= 0.3 is 6.03 Å². The molecule has 1 aliphatic rings. The van der Waals surface area contributed by atoms with Crippen LogP contribution in [0.25, 0.3) is 0 Å². The van der Waals surface area contributed by atoms with Crippen molar-refractivity contribution < 1.29 is 13.6 Å². The molecular weight excluding hydrogens is 340 g/mol. The van der Waals surface area contributed by atoms with Gasteiger partial charge in [-0.05, 0) is 37.5 Å². The summed E-state index contributed by atoms with van der Waals surface area (Å²) >= 11 is 0. The summed E-state index contributed by atoms with van der Waals surface area (Å²) in [6.07, 6.45) is 2.53. The van der Waals surface area contributed by atoms with Crippen molar-refractivity contribution in [1.29, 1.82) is 0 Å². The van der Waals surface area contributed by atoms with Crippen LogP contribution in [0.3, 0.4) is 0 Å². The first-order valence-electron chi connectivity index (χ1n) is 8.51. The van der Waals surface area contributed by atoms with Gasteiger partial charge in [0.15, 0.2) is 11.6 Å². The number of rotatable bonds is 5. The summed E-state index contributed by atoms with van der Waals surface area (Å²) in [5.74, 6) is -0.770. The Labute approximate surface area is 150 Å². The van der Waals surface area contributed by atoms with Gasteiger partial charge < -0.3 is 15.5 Å². The second-order valence-corrected chi connectivity index (χ2v) is 6.36. The van der Waals surface area contributed by atoms with Crippen LogP contribution in [0.1, 0.15) is 17.9 Å². The fourth-order valence-electron chi connectivity index (χ4n) is 2.99. The van der Waals surface area contributed by atoms with Crippen LogP contribution in [-0.4, -0.2) is 35.6 Å². The van der Waals surface area contributed by atoms with E-state index in [-0.39, 0.29) is 11.9 Å². The van der Waals surface area contributed by atoms with Gasteiger partial charge in [0.05, 0.1) is 12.2 Å². The van der Waals surface area contributed by atoms with Crippen LogP contribution in [-0.2, 0) is 6.54 Å². The third-order valence-electron chi connectivity index (χ3n) is 4.37. The molecule has 3 rings (SSSR count). The zero-order valence-electron chi connectivity index (χ0n) is 14.5. The van der Waals surface area contributed by atoms with Gasteiger partial charge in [-0.15, -0.1) is 0 Å². The predicted octanol–water partition coefficient (Wildman–Crippen LogP) is 2.39. The molecule has 0 bridgehead atoms. The fourth-order valence-corrected chi connectivity index (χ4v) is 2.99. The van der Waals surface area contributed by atoms with Crippen LogP contribution < -0.4 is 15.5 Å². The second kappa shape index (κ2) is 8.07. The van der Waals surface area contributed by atoms with Crippen molar-refractivity contribution in [1.82, 2.24) is 20.6 Å². The molecule has 0 spiro atoms. The highest BCUT2D eigenvalue weighted by molar-refractivity contribution is 5.73. The van der Waals surface area contributed by atoms with Gasteiger partial charge in [0, 0.05) is 37.6 Å². The summed E-state index contributed by atoms with van der Waals surface area (Å²) in [6, 6.07) is 5.42. The number of benzene rings is 1. The topological polar surface area (TPSA) is 70.2 Å². The van der Waals surface area contributed by atoms with Gasteiger partial charge in [0.2, 0.25) is 0 Å². The van der Waals surface area contributed by atoms with Gasteiger partial charge in [-0.3, -0.25) is 0 Å². The SMILES string of the molecule is Cc1nccc(CNC(=O)NC[C@@H]2CCN(c3ccc(F)c(F)c3)C2)n1. The number of halogens is 2. The highest BCUT2D eigenvalue weighted by atomic mass is 19.2. The van der Waals surface area contributed by atoms with Crippen LogP contribution in [0.5, 0.6) is 0 Å². The summed E-state index contributed by atoms with van der Waals surface area (Å²) < 4.78 is 26.4. The Morgan fingerprint density at radius 1 is 1.27 bits per heavy atom. The van der Waals surface area contributed by atoms with E-state index in [1.165, 1.54) is 6.07 Å². The molecule has 1 aliphatic heterocycles. The van der Waals surface area contributed by atoms with E-state index in [1.54, 1.807) is 25.3 Å². The molecule has 0 saturated carbocycles. The molecule has 26 heavy (non-hydrogen) atoms. The standard InChI is InChI=1S/C18H21F2N5O/c1-12-21-6-4-14(24-12)10-23-18(26)22-9-13-5-7-25(11-13)15-2-3-16(19)17(20)8-15/h2-4,6,8,13H,5,7,9-11H2,1H3,(H2,22,23,26)/t13-/m0/s1. The summed E-state index contributed by atoms with van der Waals surface area (Å²) in [7, 11) is 0. The first-order valence-corrected chi connectivity index (χ1v) is 8.51. The van der Waals surface area contributed by atoms with Crippen LogP contribution in [0.2, 0.25) is 0 Å². The largest absolute Gasteiger partial charge is 0.371 e. The lowest BCUT2D eigenvalue weighted by Gasteiger charge is -2.19. The lowest BCUT2D eigenvalue weighted by Crippen LogP contribution is -2.38. The molecular formula is C18H21F2N5O. The molecule has 6 nitrogen and oxygen atoms in total. The van der Waals surface area contributed by atoms with E-state index in [0.717, 1.165) is 24.7 Å². The van der Waals surface area contributed by atoms with Crippen molar-refractivity contribution in [2.75, 3.05) is 24.5 Å². The average molecular weight is 361 g/mol. The fraction of sp³-hybridized carbons (Fsp3) is 0.389. The lowest BCUT2D eigenvalue weighted by atomic mass is 10.1. The molecule has 1 aromatic heterocycles. The minimum atomic E-state index is -0.846. The maximum atomic E-state index is 13.4. The smallest absolute Gasteiger partial charge is 0.315 e. The number of carbonyl (C=O) groups excluding carboxylic acids is 1. The maximum Gasteiger partial charge on any atom is 0.315 e. The Balaban J connectivity index is 1.42. The van der Waals surface area contributed by atoms with E-state index in [9.17, 15) is 13.6 Å². The number of anilines is 1. The van der Waals surface area contributed by atoms with Crippen molar-refractivity contribution in [3.63, 3.8) is 0 Å². The summed E-state index contributed by atoms with van der Waals surface area (Å²) in [4.78, 5) is 22.1. The molecule has 1 saturated heterocycles. The number of nitrogens with one attached hydrogen (secondary N) is 2. The Morgan fingerprint density at radius 2 is 2.12 bits per heavy atom. The van der Waals surface area contributed by atoms with E-state index < -0.39 is 11.6 Å².